The van der Waals surface area contributed by atoms with Crippen LogP contribution in [-0.2, 0) is 9.84 Å². The molecule has 0 aliphatic heterocycles. The van der Waals surface area contributed by atoms with Crippen LogP contribution in [-0.4, -0.2) is 20.6 Å². The minimum absolute atomic E-state index is 0.0378. The third kappa shape index (κ3) is 3.69. The van der Waals surface area contributed by atoms with Crippen molar-refractivity contribution < 1.29 is 22.0 Å². The maximum atomic E-state index is 13.7. The van der Waals surface area contributed by atoms with Crippen LogP contribution in [0.3, 0.4) is 0 Å². The monoisotopic (exact) mass is 389 g/mol. The molecule has 1 N–H and O–H groups in total. The summed E-state index contributed by atoms with van der Waals surface area (Å²) in [6.07, 6.45) is 0.967. The molecule has 0 bridgehead atoms. The molecule has 0 fully saturated rings. The number of carbonyl (C=O) groups excluding carboxylic acids is 1. The van der Waals surface area contributed by atoms with Gasteiger partial charge >= 0.3 is 0 Å². The van der Waals surface area contributed by atoms with Gasteiger partial charge in [0, 0.05) is 10.7 Å². The first-order valence-corrected chi connectivity index (χ1v) is 8.63. The number of nitrogens with one attached hydrogen (secondary N) is 1. The van der Waals surface area contributed by atoms with Gasteiger partial charge in [0.2, 0.25) is 0 Å². The second-order valence-electron chi connectivity index (χ2n) is 4.49. The number of carbonyl (C=O) groups is 1. The van der Waals surface area contributed by atoms with Gasteiger partial charge in [-0.15, -0.1) is 0 Å². The van der Waals surface area contributed by atoms with Crippen molar-refractivity contribution in [2.75, 3.05) is 11.6 Å². The smallest absolute Gasteiger partial charge is 0.256 e. The Hall–Kier alpha value is -1.80. The molecule has 0 atom stereocenters. The summed E-state index contributed by atoms with van der Waals surface area (Å²) in [4.78, 5) is 11.9. The van der Waals surface area contributed by atoms with Crippen LogP contribution in [0.1, 0.15) is 10.4 Å². The third-order valence-corrected chi connectivity index (χ3v) is 4.59. The van der Waals surface area contributed by atoms with Crippen molar-refractivity contribution in [3.05, 3.63) is 58.1 Å². The predicted molar refractivity (Wildman–Crippen MR) is 81.6 cm³/mol. The lowest BCUT2D eigenvalue weighted by molar-refractivity contribution is 0.102. The lowest BCUT2D eigenvalue weighted by Gasteiger charge is -2.09. The van der Waals surface area contributed by atoms with E-state index >= 15 is 0 Å². The average molecular weight is 390 g/mol. The summed E-state index contributed by atoms with van der Waals surface area (Å²) in [5, 5.41) is 2.23. The molecule has 0 radical (unpaired) electrons. The number of hydrogen-bond donors (Lipinski definition) is 1. The minimum atomic E-state index is -3.54. The number of benzene rings is 2. The SMILES string of the molecule is CS(=O)(=O)c1ccc(F)c(NC(=O)c2cc(F)ccc2Br)c1. The molecule has 116 valence electrons. The summed E-state index contributed by atoms with van der Waals surface area (Å²) in [5.41, 5.74) is -0.340. The lowest BCUT2D eigenvalue weighted by atomic mass is 10.2. The van der Waals surface area contributed by atoms with Crippen molar-refractivity contribution in [2.45, 2.75) is 4.90 Å². The first kappa shape index (κ1) is 16.6. The van der Waals surface area contributed by atoms with Crippen LogP contribution >= 0.6 is 15.9 Å². The first-order valence-electron chi connectivity index (χ1n) is 5.94. The van der Waals surface area contributed by atoms with Crippen LogP contribution in [0, 0.1) is 11.6 Å². The van der Waals surface area contributed by atoms with Crippen LogP contribution in [0.4, 0.5) is 14.5 Å². The van der Waals surface area contributed by atoms with E-state index in [-0.39, 0.29) is 16.1 Å². The molecule has 22 heavy (non-hydrogen) atoms. The molecule has 0 saturated heterocycles. The Balaban J connectivity index is 2.38. The van der Waals surface area contributed by atoms with E-state index in [1.165, 1.54) is 6.07 Å². The van der Waals surface area contributed by atoms with E-state index in [4.69, 9.17) is 0 Å². The zero-order valence-corrected chi connectivity index (χ0v) is 13.6. The van der Waals surface area contributed by atoms with E-state index in [0.29, 0.717) is 4.47 Å². The molecule has 0 saturated carbocycles. The topological polar surface area (TPSA) is 63.2 Å². The van der Waals surface area contributed by atoms with Crippen LogP contribution in [0.5, 0.6) is 0 Å². The molecule has 0 unspecified atom stereocenters. The van der Waals surface area contributed by atoms with E-state index in [2.05, 4.69) is 21.2 Å². The third-order valence-electron chi connectivity index (χ3n) is 2.79. The summed E-state index contributed by atoms with van der Waals surface area (Å²) in [5.74, 6) is -2.19. The van der Waals surface area contributed by atoms with Crippen LogP contribution in [0.15, 0.2) is 45.8 Å². The molecule has 0 aliphatic rings. The van der Waals surface area contributed by atoms with Crippen molar-refractivity contribution in [1.82, 2.24) is 0 Å². The van der Waals surface area contributed by atoms with Crippen molar-refractivity contribution in [3.63, 3.8) is 0 Å². The normalized spacial score (nSPS) is 11.3. The Kier molecular flexibility index (Phi) is 4.62. The summed E-state index contributed by atoms with van der Waals surface area (Å²) in [6, 6.07) is 6.53. The summed E-state index contributed by atoms with van der Waals surface area (Å²) in [6.45, 7) is 0. The second kappa shape index (κ2) is 6.13. The van der Waals surface area contributed by atoms with Gasteiger partial charge in [-0.3, -0.25) is 4.79 Å². The van der Waals surface area contributed by atoms with Crippen LogP contribution in [0.2, 0.25) is 0 Å². The van der Waals surface area contributed by atoms with Crippen molar-refractivity contribution >= 4 is 37.4 Å². The number of amides is 1. The van der Waals surface area contributed by atoms with Gasteiger partial charge in [-0.1, -0.05) is 0 Å². The maximum Gasteiger partial charge on any atom is 0.256 e. The highest BCUT2D eigenvalue weighted by atomic mass is 79.9. The summed E-state index contributed by atoms with van der Waals surface area (Å²) >= 11 is 3.09. The molecule has 8 heteroatoms. The first-order chi connectivity index (χ1) is 10.2. The van der Waals surface area contributed by atoms with Gasteiger partial charge in [-0.2, -0.15) is 0 Å². The predicted octanol–water partition coefficient (Wildman–Crippen LogP) is 3.38. The molecule has 1 amide bonds. The summed E-state index contributed by atoms with van der Waals surface area (Å²) in [7, 11) is -3.54. The zero-order chi connectivity index (χ0) is 16.5. The maximum absolute atomic E-state index is 13.7. The lowest BCUT2D eigenvalue weighted by Crippen LogP contribution is -2.14. The largest absolute Gasteiger partial charge is 0.319 e. The molecule has 2 rings (SSSR count). The fraction of sp³-hybridized carbons (Fsp3) is 0.0714. The van der Waals surface area contributed by atoms with Crippen LogP contribution in [0.25, 0.3) is 0 Å². The standard InChI is InChI=1S/C14H10BrF2NO3S/c1-22(20,21)9-3-5-12(17)13(7-9)18-14(19)10-6-8(16)2-4-11(10)15/h2-7H,1H3,(H,18,19). The van der Waals surface area contributed by atoms with Gasteiger partial charge in [0.15, 0.2) is 9.84 Å². The van der Waals surface area contributed by atoms with Gasteiger partial charge in [0.1, 0.15) is 11.6 Å². The highest BCUT2D eigenvalue weighted by Gasteiger charge is 2.16. The fourth-order valence-corrected chi connectivity index (χ4v) is 2.77. The molecular formula is C14H10BrF2NO3S. The zero-order valence-electron chi connectivity index (χ0n) is 11.2. The number of sulfone groups is 1. The van der Waals surface area contributed by atoms with E-state index in [9.17, 15) is 22.0 Å². The Morgan fingerprint density at radius 3 is 2.45 bits per heavy atom. The fourth-order valence-electron chi connectivity index (χ4n) is 1.69. The number of hydrogen-bond acceptors (Lipinski definition) is 3. The number of rotatable bonds is 3. The molecule has 0 spiro atoms. The minimum Gasteiger partial charge on any atom is -0.319 e. The molecule has 2 aromatic rings. The van der Waals surface area contributed by atoms with Gasteiger partial charge in [-0.05, 0) is 52.3 Å². The van der Waals surface area contributed by atoms with E-state index < -0.39 is 27.4 Å². The molecule has 0 aromatic heterocycles. The van der Waals surface area contributed by atoms with Crippen molar-refractivity contribution in [3.8, 4) is 0 Å². The molecular weight excluding hydrogens is 380 g/mol. The molecule has 0 heterocycles. The van der Waals surface area contributed by atoms with Gasteiger partial charge in [-0.25, -0.2) is 17.2 Å². The average Bonchev–Trinajstić information content (AvgIpc) is 2.42. The number of anilines is 1. The molecule has 0 aliphatic carbocycles. The Bertz CT molecular complexity index is 853. The Morgan fingerprint density at radius 1 is 1.14 bits per heavy atom. The van der Waals surface area contributed by atoms with Gasteiger partial charge in [0.05, 0.1) is 16.1 Å². The molecule has 4 nitrogen and oxygen atoms in total. The Morgan fingerprint density at radius 2 is 1.82 bits per heavy atom. The quantitative estimate of drug-likeness (QED) is 0.818. The summed E-state index contributed by atoms with van der Waals surface area (Å²) < 4.78 is 50.2. The number of halogens is 3. The molecule has 2 aromatic carbocycles. The van der Waals surface area contributed by atoms with E-state index in [0.717, 1.165) is 36.6 Å². The van der Waals surface area contributed by atoms with Crippen LogP contribution < -0.4 is 5.32 Å². The highest BCUT2D eigenvalue weighted by molar-refractivity contribution is 9.10. The van der Waals surface area contributed by atoms with Crippen molar-refractivity contribution in [1.29, 1.82) is 0 Å². The Labute approximate surface area is 134 Å². The van der Waals surface area contributed by atoms with Gasteiger partial charge in [0.25, 0.3) is 5.91 Å². The van der Waals surface area contributed by atoms with Crippen molar-refractivity contribution in [2.24, 2.45) is 0 Å². The van der Waals surface area contributed by atoms with Gasteiger partial charge < -0.3 is 5.32 Å². The highest BCUT2D eigenvalue weighted by Crippen LogP contribution is 2.23. The van der Waals surface area contributed by atoms with E-state index in [1.807, 2.05) is 0 Å². The second-order valence-corrected chi connectivity index (χ2v) is 7.36. The van der Waals surface area contributed by atoms with E-state index in [1.54, 1.807) is 0 Å².